The van der Waals surface area contributed by atoms with Crippen molar-refractivity contribution in [2.45, 2.75) is 20.8 Å². The first kappa shape index (κ1) is 17.9. The van der Waals surface area contributed by atoms with Crippen LogP contribution in [0.3, 0.4) is 0 Å². The highest BCUT2D eigenvalue weighted by atomic mass is 32.2. The van der Waals surface area contributed by atoms with Gasteiger partial charge in [0.15, 0.2) is 0 Å². The van der Waals surface area contributed by atoms with E-state index >= 15 is 0 Å². The van der Waals surface area contributed by atoms with E-state index in [9.17, 15) is 13.2 Å². The Hall–Kier alpha value is -2.87. The molecule has 0 radical (unpaired) electrons. The average Bonchev–Trinajstić information content (AvgIpc) is 3.03. The van der Waals surface area contributed by atoms with Gasteiger partial charge in [-0.2, -0.15) is 0 Å². The molecule has 0 fully saturated rings. The van der Waals surface area contributed by atoms with Crippen LogP contribution in [0.5, 0.6) is 0 Å². The van der Waals surface area contributed by atoms with Crippen molar-refractivity contribution in [3.05, 3.63) is 59.5 Å². The van der Waals surface area contributed by atoms with Gasteiger partial charge >= 0.3 is 0 Å². The molecular formula is C18H20N4O3S. The van der Waals surface area contributed by atoms with Crippen LogP contribution in [0, 0.1) is 13.8 Å². The van der Waals surface area contributed by atoms with Gasteiger partial charge in [0.2, 0.25) is 10.0 Å². The molecule has 0 aliphatic heterocycles. The number of anilines is 2. The van der Waals surface area contributed by atoms with Crippen molar-refractivity contribution in [2.24, 2.45) is 0 Å². The summed E-state index contributed by atoms with van der Waals surface area (Å²) in [5.41, 5.74) is 3.78. The van der Waals surface area contributed by atoms with Crippen molar-refractivity contribution in [3.63, 3.8) is 0 Å². The number of benzene rings is 1. The number of aryl methyl sites for hydroxylation is 2. The maximum absolute atomic E-state index is 12.5. The monoisotopic (exact) mass is 372 g/mol. The first-order chi connectivity index (χ1) is 12.3. The number of fused-ring (bicyclic) bond motifs is 1. The van der Waals surface area contributed by atoms with Crippen LogP contribution in [-0.4, -0.2) is 29.5 Å². The Morgan fingerprint density at radius 1 is 1.19 bits per heavy atom. The Kier molecular flexibility index (Phi) is 4.69. The SMILES string of the molecule is CCS(=O)(=O)Nc1ccc(NC(=O)c2cn3c(C)cccc3n2)cc1C. The molecule has 1 aromatic carbocycles. The van der Waals surface area contributed by atoms with Gasteiger partial charge in [0.25, 0.3) is 5.91 Å². The zero-order valence-electron chi connectivity index (χ0n) is 14.8. The topological polar surface area (TPSA) is 92.6 Å². The second-order valence-corrected chi connectivity index (χ2v) is 8.02. The van der Waals surface area contributed by atoms with Gasteiger partial charge in [0, 0.05) is 17.6 Å². The third-order valence-corrected chi connectivity index (χ3v) is 5.35. The largest absolute Gasteiger partial charge is 0.321 e. The summed E-state index contributed by atoms with van der Waals surface area (Å²) in [6.07, 6.45) is 1.69. The summed E-state index contributed by atoms with van der Waals surface area (Å²) in [6.45, 7) is 5.29. The Balaban J connectivity index is 1.80. The fourth-order valence-electron chi connectivity index (χ4n) is 2.55. The number of imidazole rings is 1. The van der Waals surface area contributed by atoms with Gasteiger partial charge in [-0.1, -0.05) is 6.07 Å². The van der Waals surface area contributed by atoms with Crippen LogP contribution in [0.1, 0.15) is 28.7 Å². The third-order valence-electron chi connectivity index (χ3n) is 4.06. The molecule has 8 heteroatoms. The van der Waals surface area contributed by atoms with Crippen molar-refractivity contribution < 1.29 is 13.2 Å². The van der Waals surface area contributed by atoms with E-state index in [4.69, 9.17) is 0 Å². The maximum Gasteiger partial charge on any atom is 0.275 e. The minimum absolute atomic E-state index is 0.00176. The number of nitrogens with one attached hydrogen (secondary N) is 2. The average molecular weight is 372 g/mol. The number of carbonyl (C=O) groups is 1. The molecule has 1 amide bonds. The number of rotatable bonds is 5. The molecule has 0 unspecified atom stereocenters. The molecule has 0 saturated heterocycles. The van der Waals surface area contributed by atoms with Crippen molar-refractivity contribution in [1.29, 1.82) is 0 Å². The van der Waals surface area contributed by atoms with Crippen LogP contribution in [0.25, 0.3) is 5.65 Å². The number of hydrogen-bond acceptors (Lipinski definition) is 4. The van der Waals surface area contributed by atoms with Gasteiger partial charge in [-0.15, -0.1) is 0 Å². The summed E-state index contributed by atoms with van der Waals surface area (Å²) < 4.78 is 27.7. The summed E-state index contributed by atoms with van der Waals surface area (Å²) >= 11 is 0. The molecule has 3 rings (SSSR count). The molecule has 2 aromatic heterocycles. The summed E-state index contributed by atoms with van der Waals surface area (Å²) in [5.74, 6) is -0.326. The first-order valence-corrected chi connectivity index (χ1v) is 9.81. The highest BCUT2D eigenvalue weighted by Gasteiger charge is 2.13. The van der Waals surface area contributed by atoms with Crippen molar-refractivity contribution >= 4 is 33.0 Å². The lowest BCUT2D eigenvalue weighted by molar-refractivity contribution is 0.102. The highest BCUT2D eigenvalue weighted by molar-refractivity contribution is 7.92. The number of sulfonamides is 1. The normalized spacial score (nSPS) is 11.5. The van der Waals surface area contributed by atoms with Gasteiger partial charge in [-0.05, 0) is 56.7 Å². The molecule has 0 atom stereocenters. The molecule has 0 aliphatic carbocycles. The fraction of sp³-hybridized carbons (Fsp3) is 0.222. The predicted molar refractivity (Wildman–Crippen MR) is 102 cm³/mol. The summed E-state index contributed by atoms with van der Waals surface area (Å²) in [4.78, 5) is 16.8. The van der Waals surface area contributed by atoms with E-state index in [1.165, 1.54) is 0 Å². The van der Waals surface area contributed by atoms with E-state index in [2.05, 4.69) is 15.0 Å². The lowest BCUT2D eigenvalue weighted by Gasteiger charge is -2.11. The van der Waals surface area contributed by atoms with Gasteiger partial charge in [-0.25, -0.2) is 13.4 Å². The molecular weight excluding hydrogens is 352 g/mol. The molecule has 0 spiro atoms. The summed E-state index contributed by atoms with van der Waals surface area (Å²) in [6, 6.07) is 10.7. The Bertz CT molecular complexity index is 1090. The van der Waals surface area contributed by atoms with Crippen molar-refractivity contribution in [2.75, 3.05) is 15.8 Å². The van der Waals surface area contributed by atoms with E-state index < -0.39 is 10.0 Å². The van der Waals surface area contributed by atoms with Gasteiger partial charge in [-0.3, -0.25) is 9.52 Å². The van der Waals surface area contributed by atoms with E-state index in [1.807, 2.05) is 29.5 Å². The molecule has 2 heterocycles. The maximum atomic E-state index is 12.5. The van der Waals surface area contributed by atoms with E-state index in [0.717, 1.165) is 5.69 Å². The minimum Gasteiger partial charge on any atom is -0.321 e. The van der Waals surface area contributed by atoms with Gasteiger partial charge in [0.1, 0.15) is 11.3 Å². The standard InChI is InChI=1S/C18H20N4O3S/c1-4-26(24,25)21-15-9-8-14(10-12(15)2)19-18(23)16-11-22-13(3)6-5-7-17(22)20-16/h5-11,21H,4H2,1-3H3,(H,19,23). The van der Waals surface area contributed by atoms with Gasteiger partial charge < -0.3 is 9.72 Å². The Morgan fingerprint density at radius 2 is 1.96 bits per heavy atom. The lowest BCUT2D eigenvalue weighted by atomic mass is 10.2. The number of aromatic nitrogens is 2. The second kappa shape index (κ2) is 6.80. The molecule has 0 aliphatic rings. The Morgan fingerprint density at radius 3 is 2.62 bits per heavy atom. The molecule has 2 N–H and O–H groups in total. The number of hydrogen-bond donors (Lipinski definition) is 2. The number of carbonyl (C=O) groups excluding carboxylic acids is 1. The third kappa shape index (κ3) is 3.70. The number of nitrogens with zero attached hydrogens (tertiary/aromatic N) is 2. The number of amides is 1. The van der Waals surface area contributed by atoms with Crippen LogP contribution in [0.2, 0.25) is 0 Å². The van der Waals surface area contributed by atoms with Crippen molar-refractivity contribution in [1.82, 2.24) is 9.38 Å². The fourth-order valence-corrected chi connectivity index (χ4v) is 3.26. The zero-order chi connectivity index (χ0) is 18.9. The van der Waals surface area contributed by atoms with E-state index in [1.54, 1.807) is 38.2 Å². The second-order valence-electron chi connectivity index (χ2n) is 6.01. The van der Waals surface area contributed by atoms with Crippen LogP contribution < -0.4 is 10.0 Å². The minimum atomic E-state index is -3.34. The first-order valence-electron chi connectivity index (χ1n) is 8.16. The van der Waals surface area contributed by atoms with Crippen LogP contribution >= 0.6 is 0 Å². The number of pyridine rings is 1. The Labute approximate surface area is 152 Å². The van der Waals surface area contributed by atoms with Gasteiger partial charge in [0.05, 0.1) is 11.4 Å². The molecule has 3 aromatic rings. The summed E-state index contributed by atoms with van der Waals surface area (Å²) in [7, 11) is -3.34. The summed E-state index contributed by atoms with van der Waals surface area (Å²) in [5, 5.41) is 2.79. The molecule has 26 heavy (non-hydrogen) atoms. The molecule has 0 saturated carbocycles. The highest BCUT2D eigenvalue weighted by Crippen LogP contribution is 2.21. The van der Waals surface area contributed by atoms with Crippen LogP contribution in [-0.2, 0) is 10.0 Å². The van der Waals surface area contributed by atoms with E-state index in [-0.39, 0.29) is 11.7 Å². The molecule has 7 nitrogen and oxygen atoms in total. The van der Waals surface area contributed by atoms with Crippen LogP contribution in [0.15, 0.2) is 42.6 Å². The smallest absolute Gasteiger partial charge is 0.275 e. The van der Waals surface area contributed by atoms with Crippen LogP contribution in [0.4, 0.5) is 11.4 Å². The van der Waals surface area contributed by atoms with E-state index in [0.29, 0.717) is 28.3 Å². The quantitative estimate of drug-likeness (QED) is 0.720. The zero-order valence-corrected chi connectivity index (χ0v) is 15.6. The predicted octanol–water partition coefficient (Wildman–Crippen LogP) is 2.97. The molecule has 0 bridgehead atoms. The lowest BCUT2D eigenvalue weighted by Crippen LogP contribution is -2.16. The molecule has 136 valence electrons. The van der Waals surface area contributed by atoms with Crippen molar-refractivity contribution in [3.8, 4) is 0 Å².